The smallest absolute Gasteiger partial charge is 0.126 e. The summed E-state index contributed by atoms with van der Waals surface area (Å²) in [5.41, 5.74) is 6.77. The monoisotopic (exact) mass is 179 g/mol. The first-order valence-electron chi connectivity index (χ1n) is 4.05. The molecule has 3 nitrogen and oxygen atoms in total. The number of phenols is 2. The zero-order chi connectivity index (χ0) is 9.84. The van der Waals surface area contributed by atoms with Crippen LogP contribution >= 0.6 is 0 Å². The second-order valence-electron chi connectivity index (χ2n) is 2.84. The minimum atomic E-state index is 0.0402. The van der Waals surface area contributed by atoms with Gasteiger partial charge < -0.3 is 15.9 Å². The fourth-order valence-electron chi connectivity index (χ4n) is 1.13. The van der Waals surface area contributed by atoms with Gasteiger partial charge in [-0.3, -0.25) is 0 Å². The maximum atomic E-state index is 9.43. The van der Waals surface area contributed by atoms with Crippen LogP contribution in [0.1, 0.15) is 12.0 Å². The Bertz CT molecular complexity index is 321. The van der Waals surface area contributed by atoms with E-state index in [2.05, 4.69) is 6.58 Å². The molecule has 0 unspecified atom stereocenters. The van der Waals surface area contributed by atoms with Crippen molar-refractivity contribution >= 4 is 5.57 Å². The molecule has 1 rings (SSSR count). The molecular weight excluding hydrogens is 166 g/mol. The van der Waals surface area contributed by atoms with Crippen molar-refractivity contribution in [3.63, 3.8) is 0 Å². The van der Waals surface area contributed by atoms with Gasteiger partial charge in [-0.15, -0.1) is 0 Å². The largest absolute Gasteiger partial charge is 0.508 e. The molecule has 0 aromatic heterocycles. The molecule has 0 heterocycles. The Labute approximate surface area is 77.1 Å². The average molecular weight is 179 g/mol. The Morgan fingerprint density at radius 1 is 1.38 bits per heavy atom. The standard InChI is InChI=1S/C10H13NO2/c1-7(4-5-11)9-3-2-8(12)6-10(9)13/h2-3,6,12-13H,1,4-5,11H2. The molecule has 0 saturated heterocycles. The van der Waals surface area contributed by atoms with Gasteiger partial charge in [0.1, 0.15) is 11.5 Å². The van der Waals surface area contributed by atoms with Crippen LogP contribution in [0.2, 0.25) is 0 Å². The molecule has 0 fully saturated rings. The molecule has 1 aromatic rings. The van der Waals surface area contributed by atoms with E-state index in [1.165, 1.54) is 12.1 Å². The molecule has 70 valence electrons. The lowest BCUT2D eigenvalue weighted by Gasteiger charge is -2.06. The summed E-state index contributed by atoms with van der Waals surface area (Å²) in [5, 5.41) is 18.5. The molecule has 0 aliphatic carbocycles. The van der Waals surface area contributed by atoms with Crippen molar-refractivity contribution in [3.8, 4) is 11.5 Å². The summed E-state index contributed by atoms with van der Waals surface area (Å²) in [6.07, 6.45) is 0.637. The Hall–Kier alpha value is -1.48. The highest BCUT2D eigenvalue weighted by Crippen LogP contribution is 2.28. The SMILES string of the molecule is C=C(CCN)c1ccc(O)cc1O. The van der Waals surface area contributed by atoms with Crippen molar-refractivity contribution in [3.05, 3.63) is 30.3 Å². The first-order chi connectivity index (χ1) is 6.15. The van der Waals surface area contributed by atoms with E-state index in [0.717, 1.165) is 5.57 Å². The Morgan fingerprint density at radius 3 is 2.62 bits per heavy atom. The van der Waals surface area contributed by atoms with Crippen LogP contribution in [0.25, 0.3) is 5.57 Å². The number of hydrogen-bond donors (Lipinski definition) is 3. The highest BCUT2D eigenvalue weighted by atomic mass is 16.3. The molecular formula is C10H13NO2. The van der Waals surface area contributed by atoms with Gasteiger partial charge >= 0.3 is 0 Å². The lowest BCUT2D eigenvalue weighted by atomic mass is 10.0. The molecule has 0 aliphatic rings. The number of benzene rings is 1. The summed E-state index contributed by atoms with van der Waals surface area (Å²) in [6.45, 7) is 4.28. The summed E-state index contributed by atoms with van der Waals surface area (Å²) in [7, 11) is 0. The first kappa shape index (κ1) is 9.61. The second kappa shape index (κ2) is 3.96. The summed E-state index contributed by atoms with van der Waals surface area (Å²) in [5.74, 6) is 0.0836. The zero-order valence-corrected chi connectivity index (χ0v) is 7.33. The minimum Gasteiger partial charge on any atom is -0.508 e. The van der Waals surface area contributed by atoms with Crippen molar-refractivity contribution in [2.75, 3.05) is 6.54 Å². The van der Waals surface area contributed by atoms with Crippen LogP contribution in [0.5, 0.6) is 11.5 Å². The maximum Gasteiger partial charge on any atom is 0.126 e. The second-order valence-corrected chi connectivity index (χ2v) is 2.84. The third-order valence-corrected chi connectivity index (χ3v) is 1.81. The summed E-state index contributed by atoms with van der Waals surface area (Å²) in [4.78, 5) is 0. The summed E-state index contributed by atoms with van der Waals surface area (Å²) in [6, 6.07) is 4.43. The van der Waals surface area contributed by atoms with E-state index in [-0.39, 0.29) is 11.5 Å². The van der Waals surface area contributed by atoms with E-state index < -0.39 is 0 Å². The molecule has 0 saturated carbocycles. The van der Waals surface area contributed by atoms with E-state index in [4.69, 9.17) is 10.8 Å². The predicted octanol–water partition coefficient (Wildman–Crippen LogP) is 1.46. The van der Waals surface area contributed by atoms with Gasteiger partial charge in [0.05, 0.1) is 0 Å². The third-order valence-electron chi connectivity index (χ3n) is 1.81. The quantitative estimate of drug-likeness (QED) is 0.658. The molecule has 0 aliphatic heterocycles. The van der Waals surface area contributed by atoms with Crippen LogP contribution in [0, 0.1) is 0 Å². The number of phenolic OH excluding ortho intramolecular Hbond substituents is 2. The molecule has 3 heteroatoms. The van der Waals surface area contributed by atoms with Crippen molar-refractivity contribution in [2.45, 2.75) is 6.42 Å². The van der Waals surface area contributed by atoms with E-state index >= 15 is 0 Å². The van der Waals surface area contributed by atoms with Gasteiger partial charge in [-0.1, -0.05) is 6.58 Å². The molecule has 0 amide bonds. The highest BCUT2D eigenvalue weighted by Gasteiger charge is 2.04. The average Bonchev–Trinajstić information content (AvgIpc) is 2.04. The topological polar surface area (TPSA) is 66.5 Å². The van der Waals surface area contributed by atoms with E-state index in [9.17, 15) is 5.11 Å². The lowest BCUT2D eigenvalue weighted by molar-refractivity contribution is 0.449. The Morgan fingerprint density at radius 2 is 2.08 bits per heavy atom. The van der Waals surface area contributed by atoms with Gasteiger partial charge in [-0.25, -0.2) is 0 Å². The van der Waals surface area contributed by atoms with Crippen molar-refractivity contribution in [1.29, 1.82) is 0 Å². The molecule has 0 radical (unpaired) electrons. The van der Waals surface area contributed by atoms with Crippen LogP contribution in [0.15, 0.2) is 24.8 Å². The van der Waals surface area contributed by atoms with Crippen molar-refractivity contribution < 1.29 is 10.2 Å². The van der Waals surface area contributed by atoms with Gasteiger partial charge in [0.2, 0.25) is 0 Å². The number of nitrogens with two attached hydrogens (primary N) is 1. The normalized spacial score (nSPS) is 9.92. The first-order valence-corrected chi connectivity index (χ1v) is 4.05. The van der Waals surface area contributed by atoms with Gasteiger partial charge in [0.15, 0.2) is 0 Å². The molecule has 0 spiro atoms. The summed E-state index contributed by atoms with van der Waals surface area (Å²) < 4.78 is 0. The van der Waals surface area contributed by atoms with Gasteiger partial charge in [-0.2, -0.15) is 0 Å². The lowest BCUT2D eigenvalue weighted by Crippen LogP contribution is -1.99. The van der Waals surface area contributed by atoms with Crippen LogP contribution in [0.3, 0.4) is 0 Å². The number of hydrogen-bond acceptors (Lipinski definition) is 3. The fourth-order valence-corrected chi connectivity index (χ4v) is 1.13. The summed E-state index contributed by atoms with van der Waals surface area (Å²) >= 11 is 0. The molecule has 0 bridgehead atoms. The van der Waals surface area contributed by atoms with Gasteiger partial charge in [0.25, 0.3) is 0 Å². The van der Waals surface area contributed by atoms with Crippen molar-refractivity contribution in [2.24, 2.45) is 5.73 Å². The van der Waals surface area contributed by atoms with E-state index in [1.54, 1.807) is 6.07 Å². The Balaban J connectivity index is 2.95. The Kier molecular flexibility index (Phi) is 2.93. The molecule has 0 atom stereocenters. The van der Waals surface area contributed by atoms with Gasteiger partial charge in [-0.05, 0) is 30.7 Å². The fraction of sp³-hybridized carbons (Fsp3) is 0.200. The van der Waals surface area contributed by atoms with Crippen LogP contribution < -0.4 is 5.73 Å². The number of aromatic hydroxyl groups is 2. The van der Waals surface area contributed by atoms with Gasteiger partial charge in [0, 0.05) is 11.6 Å². The molecule has 1 aromatic carbocycles. The molecule has 4 N–H and O–H groups in total. The highest BCUT2D eigenvalue weighted by molar-refractivity contribution is 5.69. The zero-order valence-electron chi connectivity index (χ0n) is 7.33. The maximum absolute atomic E-state index is 9.43. The van der Waals surface area contributed by atoms with Crippen LogP contribution in [-0.2, 0) is 0 Å². The minimum absolute atomic E-state index is 0.0402. The van der Waals surface area contributed by atoms with Crippen LogP contribution in [0.4, 0.5) is 0 Å². The van der Waals surface area contributed by atoms with Crippen LogP contribution in [-0.4, -0.2) is 16.8 Å². The molecule has 13 heavy (non-hydrogen) atoms. The van der Waals surface area contributed by atoms with E-state index in [1.807, 2.05) is 0 Å². The van der Waals surface area contributed by atoms with Crippen molar-refractivity contribution in [1.82, 2.24) is 0 Å². The predicted molar refractivity (Wildman–Crippen MR) is 52.5 cm³/mol. The van der Waals surface area contributed by atoms with E-state index in [0.29, 0.717) is 18.5 Å². The third kappa shape index (κ3) is 2.23. The number of rotatable bonds is 3.